The van der Waals surface area contributed by atoms with Gasteiger partial charge in [-0.1, -0.05) is 68.4 Å². The molecule has 1 N–H and O–H groups in total. The van der Waals surface area contributed by atoms with Crippen LogP contribution < -0.4 is 5.32 Å². The molecule has 1 aliphatic heterocycles. The van der Waals surface area contributed by atoms with Crippen molar-refractivity contribution in [2.75, 3.05) is 13.1 Å². The van der Waals surface area contributed by atoms with Crippen LogP contribution in [0.3, 0.4) is 0 Å². The summed E-state index contributed by atoms with van der Waals surface area (Å²) in [6, 6.07) is 18.6. The number of nitrogens with zero attached hydrogens (tertiary/aromatic N) is 1. The highest BCUT2D eigenvalue weighted by molar-refractivity contribution is 5.87. The van der Waals surface area contributed by atoms with Crippen LogP contribution in [-0.2, 0) is 29.0 Å². The van der Waals surface area contributed by atoms with Gasteiger partial charge in [-0.25, -0.2) is 0 Å². The molecule has 0 atom stereocenters. The lowest BCUT2D eigenvalue weighted by molar-refractivity contribution is -0.136. The van der Waals surface area contributed by atoms with Gasteiger partial charge >= 0.3 is 0 Å². The van der Waals surface area contributed by atoms with E-state index in [-0.39, 0.29) is 18.4 Å². The van der Waals surface area contributed by atoms with Crippen molar-refractivity contribution in [3.63, 3.8) is 0 Å². The largest absolute Gasteiger partial charge is 0.347 e. The summed E-state index contributed by atoms with van der Waals surface area (Å²) in [7, 11) is 0. The summed E-state index contributed by atoms with van der Waals surface area (Å²) in [5.41, 5.74) is 3.33. The Morgan fingerprint density at radius 1 is 1.00 bits per heavy atom. The molecule has 0 bridgehead atoms. The van der Waals surface area contributed by atoms with Crippen LogP contribution in [0.1, 0.15) is 43.4 Å². The van der Waals surface area contributed by atoms with Crippen molar-refractivity contribution in [2.24, 2.45) is 5.41 Å². The van der Waals surface area contributed by atoms with Crippen molar-refractivity contribution in [3.05, 3.63) is 71.3 Å². The molecule has 2 amide bonds. The lowest BCUT2D eigenvalue weighted by Crippen LogP contribution is -2.45. The fourth-order valence-electron chi connectivity index (χ4n) is 3.71. The molecule has 0 unspecified atom stereocenters. The minimum Gasteiger partial charge on any atom is -0.347 e. The van der Waals surface area contributed by atoms with Crippen molar-refractivity contribution in [3.8, 4) is 0 Å². The fraction of sp³-hybridized carbons (Fsp3) is 0.417. The molecule has 0 aliphatic carbocycles. The predicted octanol–water partition coefficient (Wildman–Crippen LogP) is 3.74. The van der Waals surface area contributed by atoms with Crippen molar-refractivity contribution in [1.82, 2.24) is 10.2 Å². The van der Waals surface area contributed by atoms with Gasteiger partial charge in [0.25, 0.3) is 0 Å². The first kappa shape index (κ1) is 20.1. The van der Waals surface area contributed by atoms with Gasteiger partial charge in [-0.2, -0.15) is 0 Å². The highest BCUT2D eigenvalue weighted by Gasteiger charge is 2.28. The quantitative estimate of drug-likeness (QED) is 0.798. The number of carbonyl (C=O) groups is 2. The molecule has 3 rings (SSSR count). The minimum absolute atomic E-state index is 0.0112. The summed E-state index contributed by atoms with van der Waals surface area (Å²) in [5, 5.41) is 2.86. The second kappa shape index (κ2) is 9.05. The molecule has 0 aromatic heterocycles. The van der Waals surface area contributed by atoms with Crippen LogP contribution >= 0.6 is 0 Å². The van der Waals surface area contributed by atoms with Crippen LogP contribution in [0, 0.1) is 5.41 Å². The third-order valence-electron chi connectivity index (χ3n) is 5.61. The van der Waals surface area contributed by atoms with Gasteiger partial charge in [-0.3, -0.25) is 9.59 Å². The molecule has 2 aromatic rings. The highest BCUT2D eigenvalue weighted by atomic mass is 16.2. The smallest absolute Gasteiger partial charge is 0.242 e. The van der Waals surface area contributed by atoms with Gasteiger partial charge in [0.1, 0.15) is 0 Å². The summed E-state index contributed by atoms with van der Waals surface area (Å²) in [4.78, 5) is 27.0. The first-order valence-corrected chi connectivity index (χ1v) is 10.1. The Labute approximate surface area is 167 Å². The Balaban J connectivity index is 1.44. The third kappa shape index (κ3) is 5.22. The molecule has 2 aromatic carbocycles. The van der Waals surface area contributed by atoms with Gasteiger partial charge in [0.2, 0.25) is 11.8 Å². The van der Waals surface area contributed by atoms with E-state index in [4.69, 9.17) is 0 Å². The monoisotopic (exact) mass is 378 g/mol. The van der Waals surface area contributed by atoms with E-state index in [1.807, 2.05) is 49.1 Å². The summed E-state index contributed by atoms with van der Waals surface area (Å²) >= 11 is 0. The summed E-state index contributed by atoms with van der Waals surface area (Å²) in [5.74, 6) is -0.0609. The standard InChI is InChI=1S/C24H30N2O2/c1-24(2,15-8-11-19-9-4-3-5-10-19)23(28)25-17-22(27)26-16-14-20-12-6-7-13-21(20)18-26/h3-7,9-10,12-13H,8,11,14-18H2,1-2H3,(H,25,28). The van der Waals surface area contributed by atoms with Gasteiger partial charge in [0.15, 0.2) is 0 Å². The Morgan fingerprint density at radius 2 is 1.68 bits per heavy atom. The topological polar surface area (TPSA) is 49.4 Å². The van der Waals surface area contributed by atoms with E-state index in [9.17, 15) is 9.59 Å². The van der Waals surface area contributed by atoms with Crippen LogP contribution in [0.15, 0.2) is 54.6 Å². The van der Waals surface area contributed by atoms with Crippen molar-refractivity contribution in [2.45, 2.75) is 46.1 Å². The Morgan fingerprint density at radius 3 is 2.43 bits per heavy atom. The van der Waals surface area contributed by atoms with Crippen LogP contribution in [0.5, 0.6) is 0 Å². The highest BCUT2D eigenvalue weighted by Crippen LogP contribution is 2.24. The SMILES string of the molecule is CC(C)(CCCc1ccccc1)C(=O)NCC(=O)N1CCc2ccccc2C1. The van der Waals surface area contributed by atoms with Crippen LogP contribution in [0.25, 0.3) is 0 Å². The third-order valence-corrected chi connectivity index (χ3v) is 5.61. The molecule has 1 heterocycles. The lowest BCUT2D eigenvalue weighted by Gasteiger charge is -2.30. The molecule has 0 saturated carbocycles. The normalized spacial score (nSPS) is 13.7. The molecule has 0 radical (unpaired) electrons. The second-order valence-corrected chi connectivity index (χ2v) is 8.24. The minimum atomic E-state index is -0.483. The molecule has 0 spiro atoms. The van der Waals surface area contributed by atoms with Gasteiger partial charge in [-0.15, -0.1) is 0 Å². The maximum Gasteiger partial charge on any atom is 0.242 e. The van der Waals surface area contributed by atoms with E-state index >= 15 is 0 Å². The number of aryl methyl sites for hydroxylation is 1. The number of hydrogen-bond acceptors (Lipinski definition) is 2. The van der Waals surface area contributed by atoms with Crippen molar-refractivity contribution in [1.29, 1.82) is 0 Å². The number of benzene rings is 2. The molecule has 4 heteroatoms. The van der Waals surface area contributed by atoms with Gasteiger partial charge in [-0.05, 0) is 42.4 Å². The fourth-order valence-corrected chi connectivity index (χ4v) is 3.71. The van der Waals surface area contributed by atoms with Crippen molar-refractivity contribution < 1.29 is 9.59 Å². The predicted molar refractivity (Wildman–Crippen MR) is 112 cm³/mol. The average molecular weight is 379 g/mol. The van der Waals surface area contributed by atoms with Gasteiger partial charge in [0, 0.05) is 18.5 Å². The number of hydrogen-bond donors (Lipinski definition) is 1. The zero-order chi connectivity index (χ0) is 20.0. The average Bonchev–Trinajstić information content (AvgIpc) is 2.72. The molecule has 0 saturated heterocycles. The van der Waals surface area contributed by atoms with Crippen LogP contribution in [-0.4, -0.2) is 29.8 Å². The Hall–Kier alpha value is -2.62. The van der Waals surface area contributed by atoms with Crippen LogP contribution in [0.4, 0.5) is 0 Å². The van der Waals surface area contributed by atoms with Gasteiger partial charge < -0.3 is 10.2 Å². The molecule has 4 nitrogen and oxygen atoms in total. The molecule has 1 aliphatic rings. The van der Waals surface area contributed by atoms with E-state index in [2.05, 4.69) is 29.6 Å². The zero-order valence-corrected chi connectivity index (χ0v) is 16.9. The number of nitrogens with one attached hydrogen (secondary N) is 1. The Bertz CT molecular complexity index is 814. The number of carbonyl (C=O) groups excluding carboxylic acids is 2. The molecular formula is C24H30N2O2. The second-order valence-electron chi connectivity index (χ2n) is 8.24. The number of fused-ring (bicyclic) bond motifs is 1. The number of amides is 2. The zero-order valence-electron chi connectivity index (χ0n) is 16.9. The molecule has 0 fully saturated rings. The summed E-state index contributed by atoms with van der Waals surface area (Å²) < 4.78 is 0. The maximum absolute atomic E-state index is 12.6. The molecule has 28 heavy (non-hydrogen) atoms. The van der Waals surface area contributed by atoms with E-state index in [0.29, 0.717) is 13.1 Å². The summed E-state index contributed by atoms with van der Waals surface area (Å²) in [6.07, 6.45) is 3.57. The molecular weight excluding hydrogens is 348 g/mol. The first-order valence-electron chi connectivity index (χ1n) is 10.1. The van der Waals surface area contributed by atoms with Gasteiger partial charge in [0.05, 0.1) is 6.54 Å². The summed E-state index contributed by atoms with van der Waals surface area (Å²) in [6.45, 7) is 5.32. The van der Waals surface area contributed by atoms with E-state index in [1.165, 1.54) is 16.7 Å². The number of rotatable bonds is 7. The Kier molecular flexibility index (Phi) is 6.50. The maximum atomic E-state index is 12.6. The van der Waals surface area contributed by atoms with E-state index in [0.717, 1.165) is 25.7 Å². The van der Waals surface area contributed by atoms with E-state index < -0.39 is 5.41 Å². The van der Waals surface area contributed by atoms with E-state index in [1.54, 1.807) is 0 Å². The first-order chi connectivity index (χ1) is 13.5. The van der Waals surface area contributed by atoms with Crippen molar-refractivity contribution >= 4 is 11.8 Å². The molecule has 148 valence electrons. The lowest BCUT2D eigenvalue weighted by atomic mass is 9.85. The van der Waals surface area contributed by atoms with Crippen LogP contribution in [0.2, 0.25) is 0 Å².